The first-order valence-electron chi connectivity index (χ1n) is 5.95. The first-order chi connectivity index (χ1) is 8.78. The zero-order valence-corrected chi connectivity index (χ0v) is 10.5. The molecule has 0 fully saturated rings. The third-order valence-electron chi connectivity index (χ3n) is 2.52. The molecule has 2 aromatic rings. The van der Waals surface area contributed by atoms with Gasteiger partial charge in [0.25, 0.3) is 0 Å². The molecule has 2 heterocycles. The van der Waals surface area contributed by atoms with E-state index in [1.54, 1.807) is 15.7 Å². The van der Waals surface area contributed by atoms with Crippen molar-refractivity contribution in [3.05, 3.63) is 30.1 Å². The second-order valence-electron chi connectivity index (χ2n) is 4.10. The average Bonchev–Trinajstić information content (AvgIpc) is 2.95. The van der Waals surface area contributed by atoms with Crippen molar-refractivity contribution in [2.75, 3.05) is 13.2 Å². The molecule has 0 spiro atoms. The first kappa shape index (κ1) is 12.7. The van der Waals surface area contributed by atoms with Crippen molar-refractivity contribution in [3.63, 3.8) is 0 Å². The van der Waals surface area contributed by atoms with Crippen molar-refractivity contribution in [3.8, 4) is 0 Å². The van der Waals surface area contributed by atoms with Crippen LogP contribution in [-0.2, 0) is 26.6 Å². The predicted octanol–water partition coefficient (Wildman–Crippen LogP) is -0.664. The summed E-state index contributed by atoms with van der Waals surface area (Å²) in [5.41, 5.74) is 1.11. The summed E-state index contributed by atoms with van der Waals surface area (Å²) in [7, 11) is 1.86. The van der Waals surface area contributed by atoms with Crippen LogP contribution in [0.4, 0.5) is 0 Å². The van der Waals surface area contributed by atoms with Gasteiger partial charge in [-0.15, -0.1) is 0 Å². The maximum Gasteiger partial charge on any atom is 0.151 e. The minimum absolute atomic E-state index is 0.111. The number of nitrogens with zero attached hydrogens (tertiary/aromatic N) is 5. The van der Waals surface area contributed by atoms with E-state index in [0.717, 1.165) is 30.9 Å². The molecule has 0 atom stereocenters. The van der Waals surface area contributed by atoms with E-state index in [4.69, 9.17) is 5.11 Å². The van der Waals surface area contributed by atoms with E-state index in [2.05, 4.69) is 20.5 Å². The van der Waals surface area contributed by atoms with Gasteiger partial charge in [0.15, 0.2) is 5.82 Å². The molecule has 0 bridgehead atoms. The van der Waals surface area contributed by atoms with E-state index in [1.807, 2.05) is 19.4 Å². The van der Waals surface area contributed by atoms with Gasteiger partial charge in [0.05, 0.1) is 19.3 Å². The lowest BCUT2D eigenvalue weighted by molar-refractivity contribution is 0.269. The molecule has 0 aliphatic carbocycles. The molecular weight excluding hydrogens is 232 g/mol. The Kier molecular flexibility index (Phi) is 4.43. The van der Waals surface area contributed by atoms with Gasteiger partial charge >= 0.3 is 0 Å². The Morgan fingerprint density at radius 3 is 3.06 bits per heavy atom. The summed E-state index contributed by atoms with van der Waals surface area (Å²) in [6, 6.07) is 0. The highest BCUT2D eigenvalue weighted by Crippen LogP contribution is 1.97. The second kappa shape index (κ2) is 6.27. The molecule has 0 aliphatic heterocycles. The van der Waals surface area contributed by atoms with Crippen LogP contribution in [0.5, 0.6) is 0 Å². The molecule has 0 amide bonds. The molecule has 0 saturated carbocycles. The van der Waals surface area contributed by atoms with Crippen molar-refractivity contribution < 1.29 is 5.11 Å². The largest absolute Gasteiger partial charge is 0.394 e. The Balaban J connectivity index is 1.68. The van der Waals surface area contributed by atoms with Gasteiger partial charge < -0.3 is 10.4 Å². The van der Waals surface area contributed by atoms with Gasteiger partial charge in [-0.25, -0.2) is 4.98 Å². The molecule has 18 heavy (non-hydrogen) atoms. The highest BCUT2D eigenvalue weighted by molar-refractivity contribution is 5.03. The molecule has 0 aromatic carbocycles. The van der Waals surface area contributed by atoms with Crippen LogP contribution in [0.1, 0.15) is 11.4 Å². The Morgan fingerprint density at radius 1 is 1.44 bits per heavy atom. The van der Waals surface area contributed by atoms with E-state index >= 15 is 0 Å². The van der Waals surface area contributed by atoms with Crippen LogP contribution < -0.4 is 5.32 Å². The van der Waals surface area contributed by atoms with Gasteiger partial charge in [-0.05, 0) is 0 Å². The minimum Gasteiger partial charge on any atom is -0.394 e. The topological polar surface area (TPSA) is 80.8 Å². The standard InChI is InChI=1S/C11H18N6O/c1-16-9-13-11(15-16)2-3-12-6-10-7-14-17(8-10)4-5-18/h7-9,12,18H,2-6H2,1H3. The third-order valence-corrected chi connectivity index (χ3v) is 2.52. The molecular formula is C11H18N6O. The number of rotatable bonds is 7. The van der Waals surface area contributed by atoms with Crippen LogP contribution in [-0.4, -0.2) is 42.8 Å². The molecule has 2 rings (SSSR count). The Hall–Kier alpha value is -1.73. The molecule has 0 unspecified atom stereocenters. The lowest BCUT2D eigenvalue weighted by Crippen LogP contribution is -2.17. The zero-order valence-electron chi connectivity index (χ0n) is 10.5. The fourth-order valence-electron chi connectivity index (χ4n) is 1.65. The molecule has 7 heteroatoms. The molecule has 2 aromatic heterocycles. The SMILES string of the molecule is Cn1cnc(CCNCc2cnn(CCO)c2)n1. The summed E-state index contributed by atoms with van der Waals surface area (Å²) in [5.74, 6) is 0.848. The lowest BCUT2D eigenvalue weighted by atomic mass is 10.3. The molecule has 2 N–H and O–H groups in total. The van der Waals surface area contributed by atoms with Crippen LogP contribution in [0, 0.1) is 0 Å². The number of aliphatic hydroxyl groups is 1. The summed E-state index contributed by atoms with van der Waals surface area (Å²) < 4.78 is 3.44. The van der Waals surface area contributed by atoms with Crippen molar-refractivity contribution in [1.29, 1.82) is 0 Å². The van der Waals surface area contributed by atoms with E-state index in [0.29, 0.717) is 6.54 Å². The van der Waals surface area contributed by atoms with Gasteiger partial charge in [0.2, 0.25) is 0 Å². The fraction of sp³-hybridized carbons (Fsp3) is 0.545. The predicted molar refractivity (Wildman–Crippen MR) is 65.7 cm³/mol. The maximum absolute atomic E-state index is 8.78. The van der Waals surface area contributed by atoms with Crippen LogP contribution in [0.15, 0.2) is 18.7 Å². The van der Waals surface area contributed by atoms with Crippen LogP contribution >= 0.6 is 0 Å². The molecule has 7 nitrogen and oxygen atoms in total. The van der Waals surface area contributed by atoms with Gasteiger partial charge in [-0.2, -0.15) is 10.2 Å². The van der Waals surface area contributed by atoms with Crippen molar-refractivity contribution in [2.45, 2.75) is 19.5 Å². The van der Waals surface area contributed by atoms with E-state index in [-0.39, 0.29) is 6.61 Å². The quantitative estimate of drug-likeness (QED) is 0.637. The normalized spacial score (nSPS) is 11.0. The van der Waals surface area contributed by atoms with E-state index in [1.165, 1.54) is 0 Å². The van der Waals surface area contributed by atoms with Crippen molar-refractivity contribution in [1.82, 2.24) is 29.9 Å². The fourth-order valence-corrected chi connectivity index (χ4v) is 1.65. The smallest absolute Gasteiger partial charge is 0.151 e. The Labute approximate surface area is 105 Å². The third kappa shape index (κ3) is 3.64. The first-order valence-corrected chi connectivity index (χ1v) is 5.95. The summed E-state index contributed by atoms with van der Waals surface area (Å²) in [6.07, 6.45) is 6.25. The van der Waals surface area contributed by atoms with Gasteiger partial charge in [0, 0.05) is 38.3 Å². The van der Waals surface area contributed by atoms with E-state index in [9.17, 15) is 0 Å². The van der Waals surface area contributed by atoms with Crippen LogP contribution in [0.2, 0.25) is 0 Å². The summed E-state index contributed by atoms with van der Waals surface area (Å²) in [5, 5.41) is 20.4. The number of aryl methyl sites for hydroxylation is 1. The van der Waals surface area contributed by atoms with Crippen molar-refractivity contribution >= 4 is 0 Å². The number of aromatic nitrogens is 5. The average molecular weight is 250 g/mol. The zero-order chi connectivity index (χ0) is 12.8. The molecule has 98 valence electrons. The number of nitrogens with one attached hydrogen (secondary N) is 1. The van der Waals surface area contributed by atoms with E-state index < -0.39 is 0 Å². The molecule has 0 aliphatic rings. The number of hydrogen-bond donors (Lipinski definition) is 2. The van der Waals surface area contributed by atoms with Crippen LogP contribution in [0.25, 0.3) is 0 Å². The highest BCUT2D eigenvalue weighted by Gasteiger charge is 2.00. The van der Waals surface area contributed by atoms with Crippen molar-refractivity contribution in [2.24, 2.45) is 7.05 Å². The summed E-state index contributed by atoms with van der Waals surface area (Å²) in [4.78, 5) is 4.16. The monoisotopic (exact) mass is 250 g/mol. The van der Waals surface area contributed by atoms with Crippen LogP contribution in [0.3, 0.4) is 0 Å². The number of aliphatic hydroxyl groups excluding tert-OH is 1. The second-order valence-corrected chi connectivity index (χ2v) is 4.10. The Morgan fingerprint density at radius 2 is 2.33 bits per heavy atom. The van der Waals surface area contributed by atoms with Gasteiger partial charge in [-0.3, -0.25) is 9.36 Å². The van der Waals surface area contributed by atoms with Gasteiger partial charge in [0.1, 0.15) is 6.33 Å². The summed E-state index contributed by atoms with van der Waals surface area (Å²) in [6.45, 7) is 2.24. The minimum atomic E-state index is 0.111. The maximum atomic E-state index is 8.78. The molecule has 0 radical (unpaired) electrons. The summed E-state index contributed by atoms with van der Waals surface area (Å²) >= 11 is 0. The molecule has 0 saturated heterocycles. The Bertz CT molecular complexity index is 477. The highest BCUT2D eigenvalue weighted by atomic mass is 16.3. The lowest BCUT2D eigenvalue weighted by Gasteiger charge is -2.00. The van der Waals surface area contributed by atoms with Gasteiger partial charge in [-0.1, -0.05) is 0 Å². The number of hydrogen-bond acceptors (Lipinski definition) is 5.